The van der Waals surface area contributed by atoms with Crippen LogP contribution in [0.25, 0.3) is 6.08 Å². The van der Waals surface area contributed by atoms with Crippen LogP contribution >= 0.6 is 0 Å². The second-order valence-electron chi connectivity index (χ2n) is 9.52. The third kappa shape index (κ3) is 5.86. The first-order chi connectivity index (χ1) is 17.2. The second-order valence-corrected chi connectivity index (χ2v) is 9.52. The van der Waals surface area contributed by atoms with Crippen molar-refractivity contribution in [2.45, 2.75) is 13.0 Å². The van der Waals surface area contributed by atoms with Crippen LogP contribution in [0.2, 0.25) is 0 Å². The van der Waals surface area contributed by atoms with Crippen LogP contribution in [-0.2, 0) is 9.57 Å². The fourth-order valence-electron chi connectivity index (χ4n) is 5.00. The summed E-state index contributed by atoms with van der Waals surface area (Å²) in [7, 11) is 1.67. The minimum Gasteiger partial charge on any atom is -0.492 e. The summed E-state index contributed by atoms with van der Waals surface area (Å²) in [5.41, 5.74) is 4.67. The van der Waals surface area contributed by atoms with E-state index in [0.29, 0.717) is 19.8 Å². The predicted molar refractivity (Wildman–Crippen MR) is 137 cm³/mol. The Morgan fingerprint density at radius 1 is 1.06 bits per heavy atom. The number of fused-ring (bicyclic) bond motifs is 3. The molecule has 3 aliphatic rings. The Bertz CT molecular complexity index is 1050. The molecule has 0 spiro atoms. The molecular weight excluding hydrogens is 442 g/mol. The summed E-state index contributed by atoms with van der Waals surface area (Å²) < 4.78 is 16.9. The van der Waals surface area contributed by atoms with Crippen LogP contribution in [0.15, 0.2) is 59.3 Å². The predicted octanol–water partition coefficient (Wildman–Crippen LogP) is 3.54. The van der Waals surface area contributed by atoms with Crippen LogP contribution < -0.4 is 9.47 Å². The Balaban J connectivity index is 1.11. The van der Waals surface area contributed by atoms with Gasteiger partial charge in [-0.3, -0.25) is 9.80 Å². The van der Waals surface area contributed by atoms with E-state index < -0.39 is 0 Å². The molecule has 0 N–H and O–H groups in total. The lowest BCUT2D eigenvalue weighted by Crippen LogP contribution is -2.50. The van der Waals surface area contributed by atoms with Gasteiger partial charge in [-0.25, -0.2) is 0 Å². The van der Waals surface area contributed by atoms with Crippen molar-refractivity contribution in [2.24, 2.45) is 11.1 Å². The van der Waals surface area contributed by atoms with Gasteiger partial charge < -0.3 is 19.0 Å². The molecule has 1 saturated heterocycles. The van der Waals surface area contributed by atoms with Gasteiger partial charge in [-0.2, -0.15) is 0 Å². The van der Waals surface area contributed by atoms with Crippen molar-refractivity contribution in [1.29, 1.82) is 0 Å². The average molecular weight is 478 g/mol. The number of hydrogen-bond donors (Lipinski definition) is 0. The summed E-state index contributed by atoms with van der Waals surface area (Å²) in [5, 5.41) is 4.48. The number of benzene rings is 2. The topological polar surface area (TPSA) is 55.8 Å². The van der Waals surface area contributed by atoms with Crippen molar-refractivity contribution in [1.82, 2.24) is 9.80 Å². The minimum atomic E-state index is 0.0297. The van der Waals surface area contributed by atoms with E-state index in [1.54, 1.807) is 7.11 Å². The summed E-state index contributed by atoms with van der Waals surface area (Å²) in [5.74, 6) is 1.76. The first-order valence-electron chi connectivity index (χ1n) is 12.5. The molecule has 3 aliphatic heterocycles. The van der Waals surface area contributed by atoms with Crippen LogP contribution in [0.4, 0.5) is 0 Å². The molecule has 0 aromatic heterocycles. The molecule has 2 atom stereocenters. The fraction of sp³-hybridized carbons (Fsp3) is 0.464. The number of nitrogens with zero attached hydrogens (tertiary/aromatic N) is 3. The fourth-order valence-corrected chi connectivity index (χ4v) is 5.00. The highest BCUT2D eigenvalue weighted by molar-refractivity contribution is 6.06. The number of hydrogen-bond acceptors (Lipinski definition) is 7. The Hall–Kier alpha value is -2.87. The minimum absolute atomic E-state index is 0.0297. The van der Waals surface area contributed by atoms with Crippen molar-refractivity contribution >= 4 is 11.8 Å². The maximum absolute atomic E-state index is 6.11. The molecular formula is C28H35N3O4. The molecule has 0 radical (unpaired) electrons. The summed E-state index contributed by atoms with van der Waals surface area (Å²) in [6.07, 6.45) is 2.31. The summed E-state index contributed by atoms with van der Waals surface area (Å²) in [6, 6.07) is 16.5. The standard InChI is InChI=1S/C28H35N3O4/c1-21(16-22-6-4-3-5-7-22)18-30-10-12-31(13-11-30)19-27-25-20-34-26-17-23(33-15-14-32-2)8-9-24(26)28(25)29-35-27/h3-9,16-17,25,27H,10-15,18-20H2,1-2H3/b21-16+. The van der Waals surface area contributed by atoms with Crippen molar-refractivity contribution in [3.05, 3.63) is 65.2 Å². The number of oxime groups is 1. The van der Waals surface area contributed by atoms with Gasteiger partial charge in [0.2, 0.25) is 0 Å². The average Bonchev–Trinajstić information content (AvgIpc) is 3.29. The van der Waals surface area contributed by atoms with Gasteiger partial charge in [0.15, 0.2) is 6.10 Å². The van der Waals surface area contributed by atoms with E-state index in [4.69, 9.17) is 19.0 Å². The Labute approximate surface area is 207 Å². The monoisotopic (exact) mass is 477 g/mol. The molecule has 1 fully saturated rings. The van der Waals surface area contributed by atoms with Crippen LogP contribution in [-0.4, -0.2) is 87.8 Å². The molecule has 7 heteroatoms. The molecule has 3 heterocycles. The molecule has 0 saturated carbocycles. The first kappa shape index (κ1) is 23.9. The van der Waals surface area contributed by atoms with Crippen LogP contribution in [0.1, 0.15) is 18.1 Å². The molecule has 0 bridgehead atoms. The number of piperazine rings is 1. The van der Waals surface area contributed by atoms with Gasteiger partial charge in [0.1, 0.15) is 30.4 Å². The lowest BCUT2D eigenvalue weighted by Gasteiger charge is -2.36. The van der Waals surface area contributed by atoms with E-state index in [1.165, 1.54) is 11.1 Å². The second kappa shape index (κ2) is 11.2. The summed E-state index contributed by atoms with van der Waals surface area (Å²) in [6.45, 7) is 9.98. The maximum Gasteiger partial charge on any atom is 0.151 e. The summed E-state index contributed by atoms with van der Waals surface area (Å²) in [4.78, 5) is 11.0. The largest absolute Gasteiger partial charge is 0.492 e. The zero-order valence-electron chi connectivity index (χ0n) is 20.7. The van der Waals surface area contributed by atoms with Gasteiger partial charge in [0.05, 0.1) is 12.5 Å². The van der Waals surface area contributed by atoms with Crippen molar-refractivity contribution in [3.63, 3.8) is 0 Å². The Kier molecular flexibility index (Phi) is 7.66. The van der Waals surface area contributed by atoms with Crippen molar-refractivity contribution in [3.8, 4) is 11.5 Å². The maximum atomic E-state index is 6.11. The van der Waals surface area contributed by atoms with E-state index in [2.05, 4.69) is 58.3 Å². The van der Waals surface area contributed by atoms with E-state index >= 15 is 0 Å². The zero-order valence-corrected chi connectivity index (χ0v) is 20.7. The van der Waals surface area contributed by atoms with Crippen molar-refractivity contribution in [2.75, 3.05) is 66.2 Å². The molecule has 5 rings (SSSR count). The first-order valence-corrected chi connectivity index (χ1v) is 12.5. The quantitative estimate of drug-likeness (QED) is 0.515. The van der Waals surface area contributed by atoms with E-state index in [-0.39, 0.29) is 12.0 Å². The van der Waals surface area contributed by atoms with Gasteiger partial charge in [0.25, 0.3) is 0 Å². The molecule has 0 aliphatic carbocycles. The molecule has 7 nitrogen and oxygen atoms in total. The number of ether oxygens (including phenoxy) is 3. The van der Waals surface area contributed by atoms with Gasteiger partial charge in [-0.1, -0.05) is 47.1 Å². The Morgan fingerprint density at radius 2 is 1.86 bits per heavy atom. The molecule has 2 unspecified atom stereocenters. The van der Waals surface area contributed by atoms with Crippen molar-refractivity contribution < 1.29 is 19.0 Å². The lowest BCUT2D eigenvalue weighted by molar-refractivity contribution is 0.0101. The molecule has 35 heavy (non-hydrogen) atoms. The number of methoxy groups -OCH3 is 1. The Morgan fingerprint density at radius 3 is 2.66 bits per heavy atom. The number of rotatable bonds is 9. The molecule has 0 amide bonds. The third-order valence-corrected chi connectivity index (χ3v) is 6.88. The van der Waals surface area contributed by atoms with E-state index in [1.807, 2.05) is 18.2 Å². The highest BCUT2D eigenvalue weighted by atomic mass is 16.6. The van der Waals surface area contributed by atoms with E-state index in [0.717, 1.165) is 62.0 Å². The summed E-state index contributed by atoms with van der Waals surface area (Å²) >= 11 is 0. The van der Waals surface area contributed by atoms with Crippen LogP contribution in [0, 0.1) is 5.92 Å². The highest BCUT2D eigenvalue weighted by Gasteiger charge is 2.41. The normalized spacial score (nSPS) is 22.6. The van der Waals surface area contributed by atoms with Gasteiger partial charge in [-0.05, 0) is 24.6 Å². The highest BCUT2D eigenvalue weighted by Crippen LogP contribution is 2.36. The van der Waals surface area contributed by atoms with Gasteiger partial charge >= 0.3 is 0 Å². The zero-order chi connectivity index (χ0) is 24.0. The van der Waals surface area contributed by atoms with Gasteiger partial charge in [-0.15, -0.1) is 0 Å². The van der Waals surface area contributed by atoms with Crippen LogP contribution in [0.3, 0.4) is 0 Å². The van der Waals surface area contributed by atoms with Gasteiger partial charge in [0, 0.05) is 58.0 Å². The smallest absolute Gasteiger partial charge is 0.151 e. The third-order valence-electron chi connectivity index (χ3n) is 6.88. The van der Waals surface area contributed by atoms with E-state index in [9.17, 15) is 0 Å². The van der Waals surface area contributed by atoms with Crippen LogP contribution in [0.5, 0.6) is 11.5 Å². The SMILES string of the molecule is COCCOc1ccc2c(c1)OCC1C2=NOC1CN1CCN(C/C(C)=C/c2ccccc2)CC1. The molecule has 186 valence electrons. The lowest BCUT2D eigenvalue weighted by atomic mass is 9.90. The molecule has 2 aromatic carbocycles. The molecule has 2 aromatic rings.